The molecule has 0 aliphatic heterocycles. The van der Waals surface area contributed by atoms with Crippen LogP contribution in [-0.2, 0) is 24.1 Å². The van der Waals surface area contributed by atoms with Crippen molar-refractivity contribution in [3.05, 3.63) is 69.4 Å². The zero-order chi connectivity index (χ0) is 17.9. The summed E-state index contributed by atoms with van der Waals surface area (Å²) in [6, 6.07) is 15.8. The third-order valence-electron chi connectivity index (χ3n) is 4.77. The van der Waals surface area contributed by atoms with Gasteiger partial charge in [0.2, 0.25) is 5.91 Å². The number of hydrazine groups is 1. The second-order valence-electron chi connectivity index (χ2n) is 6.58. The molecule has 2 amide bonds. The molecule has 2 N–H and O–H groups in total. The maximum Gasteiger partial charge on any atom is 0.279 e. The lowest BCUT2D eigenvalue weighted by atomic mass is 9.99. The Morgan fingerprint density at radius 2 is 1.77 bits per heavy atom. The van der Waals surface area contributed by atoms with Crippen LogP contribution in [0.4, 0.5) is 0 Å². The highest BCUT2D eigenvalue weighted by molar-refractivity contribution is 7.14. The lowest BCUT2D eigenvalue weighted by Gasteiger charge is -2.08. The fourth-order valence-corrected chi connectivity index (χ4v) is 4.60. The molecule has 0 unspecified atom stereocenters. The number of hydrogen-bond donors (Lipinski definition) is 2. The van der Waals surface area contributed by atoms with Crippen molar-refractivity contribution in [2.75, 3.05) is 0 Å². The largest absolute Gasteiger partial charge is 0.279 e. The van der Waals surface area contributed by atoms with Crippen molar-refractivity contribution in [3.63, 3.8) is 0 Å². The molecule has 0 saturated heterocycles. The highest BCUT2D eigenvalue weighted by Crippen LogP contribution is 2.29. The van der Waals surface area contributed by atoms with Crippen molar-refractivity contribution >= 4 is 33.9 Å². The second-order valence-corrected chi connectivity index (χ2v) is 7.72. The van der Waals surface area contributed by atoms with Crippen LogP contribution in [0.5, 0.6) is 0 Å². The quantitative estimate of drug-likeness (QED) is 0.695. The van der Waals surface area contributed by atoms with Gasteiger partial charge in [-0.1, -0.05) is 42.5 Å². The minimum atomic E-state index is -0.240. The number of carbonyl (C=O) groups is 2. The van der Waals surface area contributed by atoms with E-state index in [4.69, 9.17) is 0 Å². The highest BCUT2D eigenvalue weighted by atomic mass is 32.1. The van der Waals surface area contributed by atoms with E-state index in [1.54, 1.807) is 0 Å². The topological polar surface area (TPSA) is 58.2 Å². The van der Waals surface area contributed by atoms with Crippen LogP contribution in [0.25, 0.3) is 10.8 Å². The van der Waals surface area contributed by atoms with Crippen molar-refractivity contribution in [1.29, 1.82) is 0 Å². The SMILES string of the molecule is O=C(Cc1cccc2ccccc12)NNC(=O)c1cc2c(s1)CCCC2. The van der Waals surface area contributed by atoms with Gasteiger partial charge in [-0.2, -0.15) is 0 Å². The van der Waals surface area contributed by atoms with Crippen LogP contribution in [0, 0.1) is 0 Å². The first-order valence-corrected chi connectivity index (χ1v) is 9.70. The summed E-state index contributed by atoms with van der Waals surface area (Å²) in [5, 5.41) is 2.16. The summed E-state index contributed by atoms with van der Waals surface area (Å²) in [4.78, 5) is 26.6. The first kappa shape index (κ1) is 16.8. The molecular weight excluding hydrogens is 344 g/mol. The Kier molecular flexibility index (Phi) is 4.71. The van der Waals surface area contributed by atoms with Gasteiger partial charge in [-0.25, -0.2) is 0 Å². The maximum absolute atomic E-state index is 12.3. The number of rotatable bonds is 3. The van der Waals surface area contributed by atoms with E-state index >= 15 is 0 Å². The van der Waals surface area contributed by atoms with E-state index in [1.165, 1.54) is 34.6 Å². The van der Waals surface area contributed by atoms with Crippen molar-refractivity contribution in [1.82, 2.24) is 10.9 Å². The van der Waals surface area contributed by atoms with Crippen LogP contribution < -0.4 is 10.9 Å². The maximum atomic E-state index is 12.3. The predicted octanol–water partition coefficient (Wildman–Crippen LogP) is 3.78. The Morgan fingerprint density at radius 1 is 0.962 bits per heavy atom. The van der Waals surface area contributed by atoms with E-state index in [0.717, 1.165) is 29.2 Å². The van der Waals surface area contributed by atoms with E-state index in [-0.39, 0.29) is 18.2 Å². The summed E-state index contributed by atoms with van der Waals surface area (Å²) in [5.74, 6) is -0.466. The number of carbonyl (C=O) groups excluding carboxylic acids is 2. The first-order valence-electron chi connectivity index (χ1n) is 8.88. The minimum absolute atomic E-state index is 0.225. The number of thiophene rings is 1. The first-order chi connectivity index (χ1) is 12.7. The van der Waals surface area contributed by atoms with E-state index in [0.29, 0.717) is 4.88 Å². The number of benzene rings is 2. The smallest absolute Gasteiger partial charge is 0.273 e. The zero-order valence-corrected chi connectivity index (χ0v) is 15.2. The summed E-state index contributed by atoms with van der Waals surface area (Å²) in [7, 11) is 0. The van der Waals surface area contributed by atoms with Gasteiger partial charge in [-0.3, -0.25) is 20.4 Å². The van der Waals surface area contributed by atoms with Crippen LogP contribution >= 0.6 is 11.3 Å². The van der Waals surface area contributed by atoms with Crippen molar-refractivity contribution < 1.29 is 9.59 Å². The van der Waals surface area contributed by atoms with Gasteiger partial charge in [0.25, 0.3) is 5.91 Å². The Hall–Kier alpha value is -2.66. The zero-order valence-electron chi connectivity index (χ0n) is 14.4. The number of hydrogen-bond acceptors (Lipinski definition) is 3. The number of amides is 2. The lowest BCUT2D eigenvalue weighted by molar-refractivity contribution is -0.121. The molecule has 4 rings (SSSR count). The summed E-state index contributed by atoms with van der Waals surface area (Å²) < 4.78 is 0. The summed E-state index contributed by atoms with van der Waals surface area (Å²) >= 11 is 1.54. The molecule has 5 heteroatoms. The fourth-order valence-electron chi connectivity index (χ4n) is 3.45. The van der Waals surface area contributed by atoms with Crippen LogP contribution in [0.15, 0.2) is 48.5 Å². The molecule has 0 bridgehead atoms. The molecular formula is C21H20N2O2S. The van der Waals surface area contributed by atoms with Crippen LogP contribution in [-0.4, -0.2) is 11.8 Å². The van der Waals surface area contributed by atoms with E-state index < -0.39 is 0 Å². The molecule has 3 aromatic rings. The molecule has 2 aromatic carbocycles. The third kappa shape index (κ3) is 3.48. The minimum Gasteiger partial charge on any atom is -0.273 e. The molecule has 1 aromatic heterocycles. The molecule has 1 aliphatic rings. The van der Waals surface area contributed by atoms with E-state index in [2.05, 4.69) is 10.9 Å². The van der Waals surface area contributed by atoms with E-state index in [9.17, 15) is 9.59 Å². The Labute approximate surface area is 156 Å². The fraction of sp³-hybridized carbons (Fsp3) is 0.238. The molecule has 26 heavy (non-hydrogen) atoms. The molecule has 0 atom stereocenters. The summed E-state index contributed by atoms with van der Waals surface area (Å²) in [6.45, 7) is 0. The molecule has 0 fully saturated rings. The van der Waals surface area contributed by atoms with Gasteiger partial charge < -0.3 is 0 Å². The number of fused-ring (bicyclic) bond motifs is 2. The van der Waals surface area contributed by atoms with Gasteiger partial charge in [0, 0.05) is 4.88 Å². The average molecular weight is 364 g/mol. The van der Waals surface area contributed by atoms with Crippen LogP contribution in [0.1, 0.15) is 38.5 Å². The van der Waals surface area contributed by atoms with Gasteiger partial charge in [0.15, 0.2) is 0 Å². The van der Waals surface area contributed by atoms with Crippen molar-refractivity contribution in [2.45, 2.75) is 32.1 Å². The molecule has 4 nitrogen and oxygen atoms in total. The molecule has 132 valence electrons. The Balaban J connectivity index is 1.39. The third-order valence-corrected chi connectivity index (χ3v) is 6.00. The molecule has 1 heterocycles. The molecule has 0 saturated carbocycles. The summed E-state index contributed by atoms with van der Waals surface area (Å²) in [5.41, 5.74) is 7.32. The molecule has 0 radical (unpaired) electrons. The van der Waals surface area contributed by atoms with Crippen LogP contribution in [0.3, 0.4) is 0 Å². The van der Waals surface area contributed by atoms with Gasteiger partial charge >= 0.3 is 0 Å². The van der Waals surface area contributed by atoms with Gasteiger partial charge in [-0.05, 0) is 53.6 Å². The Bertz CT molecular complexity index is 948. The number of aryl methyl sites for hydroxylation is 2. The monoisotopic (exact) mass is 364 g/mol. The predicted molar refractivity (Wildman–Crippen MR) is 104 cm³/mol. The Morgan fingerprint density at radius 3 is 2.65 bits per heavy atom. The average Bonchev–Trinajstić information content (AvgIpc) is 3.11. The van der Waals surface area contributed by atoms with E-state index in [1.807, 2.05) is 48.5 Å². The standard InChI is InChI=1S/C21H20N2O2S/c24-20(13-15-9-5-8-14-6-1-3-10-17(14)15)22-23-21(25)19-12-16-7-2-4-11-18(16)26-19/h1,3,5-6,8-10,12H,2,4,7,11,13H2,(H,22,24)(H,23,25). The lowest BCUT2D eigenvalue weighted by Crippen LogP contribution is -2.42. The second kappa shape index (κ2) is 7.30. The number of nitrogens with one attached hydrogen (secondary N) is 2. The highest BCUT2D eigenvalue weighted by Gasteiger charge is 2.17. The van der Waals surface area contributed by atoms with Gasteiger partial charge in [0.05, 0.1) is 11.3 Å². The van der Waals surface area contributed by atoms with Crippen molar-refractivity contribution in [2.24, 2.45) is 0 Å². The van der Waals surface area contributed by atoms with Gasteiger partial charge in [0.1, 0.15) is 0 Å². The summed E-state index contributed by atoms with van der Waals surface area (Å²) in [6.07, 6.45) is 4.71. The normalized spacial score (nSPS) is 13.2. The van der Waals surface area contributed by atoms with Gasteiger partial charge in [-0.15, -0.1) is 11.3 Å². The van der Waals surface area contributed by atoms with Crippen molar-refractivity contribution in [3.8, 4) is 0 Å². The molecule has 0 spiro atoms. The van der Waals surface area contributed by atoms with Crippen LogP contribution in [0.2, 0.25) is 0 Å². The molecule has 1 aliphatic carbocycles.